The highest BCUT2D eigenvalue weighted by Crippen LogP contribution is 2.53. The molecule has 2 aromatic carbocycles. The first-order valence-corrected chi connectivity index (χ1v) is 10.3. The molecule has 31 heavy (non-hydrogen) atoms. The van der Waals surface area contributed by atoms with Crippen LogP contribution >= 0.6 is 0 Å². The maximum Gasteiger partial charge on any atom is 0.250 e. The number of amides is 4. The topological polar surface area (TPSA) is 122 Å². The van der Waals surface area contributed by atoms with Gasteiger partial charge in [0.1, 0.15) is 5.54 Å². The summed E-state index contributed by atoms with van der Waals surface area (Å²) in [6.07, 6.45) is 0.326. The van der Waals surface area contributed by atoms with E-state index in [1.807, 2.05) is 30.3 Å². The summed E-state index contributed by atoms with van der Waals surface area (Å²) in [5, 5.41) is 6.14. The molecule has 2 fully saturated rings. The van der Waals surface area contributed by atoms with Crippen LogP contribution in [0.25, 0.3) is 0 Å². The second-order valence-electron chi connectivity index (χ2n) is 8.32. The highest BCUT2D eigenvalue weighted by molar-refractivity contribution is 6.15. The number of carbonyl (C=O) groups excluding carboxylic acids is 4. The predicted octanol–water partition coefficient (Wildman–Crippen LogP) is 0.873. The fraction of sp³-hybridized carbons (Fsp3) is 0.304. The first-order valence-electron chi connectivity index (χ1n) is 10.3. The lowest BCUT2D eigenvalue weighted by molar-refractivity contribution is -0.143. The van der Waals surface area contributed by atoms with Gasteiger partial charge in [-0.25, -0.2) is 0 Å². The quantitative estimate of drug-likeness (QED) is 0.622. The van der Waals surface area contributed by atoms with E-state index < -0.39 is 29.3 Å². The number of benzene rings is 2. The highest BCUT2D eigenvalue weighted by atomic mass is 16.2. The van der Waals surface area contributed by atoms with Crippen molar-refractivity contribution in [1.82, 2.24) is 10.2 Å². The molecule has 4 amide bonds. The number of fused-ring (bicyclic) bond motifs is 4. The molecule has 1 spiro atoms. The van der Waals surface area contributed by atoms with Crippen molar-refractivity contribution in [2.45, 2.75) is 31.0 Å². The highest BCUT2D eigenvalue weighted by Gasteiger charge is 2.70. The van der Waals surface area contributed by atoms with Gasteiger partial charge in [0.25, 0.3) is 0 Å². The largest absolute Gasteiger partial charge is 0.370 e. The molecule has 2 saturated heterocycles. The van der Waals surface area contributed by atoms with Crippen molar-refractivity contribution in [1.29, 1.82) is 0 Å². The lowest BCUT2D eigenvalue weighted by Crippen LogP contribution is -2.53. The molecule has 8 nitrogen and oxygen atoms in total. The molecular formula is C23H22N4O4. The van der Waals surface area contributed by atoms with E-state index in [0.717, 1.165) is 5.56 Å². The van der Waals surface area contributed by atoms with Crippen LogP contribution in [0.2, 0.25) is 0 Å². The Bertz CT molecular complexity index is 1100. The van der Waals surface area contributed by atoms with E-state index >= 15 is 0 Å². The first-order chi connectivity index (χ1) is 14.9. The van der Waals surface area contributed by atoms with Gasteiger partial charge in [0, 0.05) is 23.7 Å². The number of primary amides is 1. The molecule has 8 heteroatoms. The SMILES string of the molecule is NC(=O)CC[C@@H]1N[C@]2(C(=O)Nc3ccccc32)[C@@H]2C(=O)N(Cc3ccccc3)C(=O)[C@@H]12. The number of imide groups is 1. The summed E-state index contributed by atoms with van der Waals surface area (Å²) in [7, 11) is 0. The number of anilines is 1. The normalized spacial score (nSPS) is 28.7. The molecule has 3 heterocycles. The number of para-hydroxylation sites is 1. The van der Waals surface area contributed by atoms with Crippen LogP contribution in [0.15, 0.2) is 54.6 Å². The number of hydrogen-bond acceptors (Lipinski definition) is 5. The zero-order valence-corrected chi connectivity index (χ0v) is 16.7. The van der Waals surface area contributed by atoms with Crippen LogP contribution in [0.5, 0.6) is 0 Å². The van der Waals surface area contributed by atoms with E-state index in [4.69, 9.17) is 5.73 Å². The minimum absolute atomic E-state index is 0.0559. The lowest BCUT2D eigenvalue weighted by Gasteiger charge is -2.29. The third-order valence-electron chi connectivity index (χ3n) is 6.60. The summed E-state index contributed by atoms with van der Waals surface area (Å²) in [6, 6.07) is 15.9. The van der Waals surface area contributed by atoms with Crippen LogP contribution < -0.4 is 16.4 Å². The standard InChI is InChI=1S/C23H22N4O4/c24-17(28)11-10-16-18-19(21(30)27(20(18)29)12-13-6-2-1-3-7-13)23(26-16)14-8-4-5-9-15(14)25-22(23)31/h1-9,16,18-19,26H,10-12H2,(H2,24,28)(H,25,31)/t16-,18-,19-,23-/m0/s1. The molecule has 158 valence electrons. The van der Waals surface area contributed by atoms with Gasteiger partial charge in [-0.2, -0.15) is 0 Å². The Hall–Kier alpha value is -3.52. The number of hydrogen-bond donors (Lipinski definition) is 3. The molecule has 2 aromatic rings. The smallest absolute Gasteiger partial charge is 0.250 e. The second-order valence-corrected chi connectivity index (χ2v) is 8.32. The van der Waals surface area contributed by atoms with Crippen LogP contribution in [0.3, 0.4) is 0 Å². The van der Waals surface area contributed by atoms with Crippen molar-refractivity contribution in [3.05, 3.63) is 65.7 Å². The van der Waals surface area contributed by atoms with Crippen molar-refractivity contribution in [2.24, 2.45) is 17.6 Å². The van der Waals surface area contributed by atoms with Gasteiger partial charge in [-0.1, -0.05) is 48.5 Å². The Morgan fingerprint density at radius 1 is 1.00 bits per heavy atom. The number of nitrogens with one attached hydrogen (secondary N) is 2. The molecule has 4 atom stereocenters. The van der Waals surface area contributed by atoms with Crippen molar-refractivity contribution in [3.8, 4) is 0 Å². The fourth-order valence-electron chi connectivity index (χ4n) is 5.29. The van der Waals surface area contributed by atoms with Crippen molar-refractivity contribution < 1.29 is 19.2 Å². The minimum Gasteiger partial charge on any atom is -0.370 e. The maximum atomic E-state index is 13.6. The predicted molar refractivity (Wildman–Crippen MR) is 111 cm³/mol. The Balaban J connectivity index is 1.58. The number of likely N-dealkylation sites (tertiary alicyclic amines) is 1. The van der Waals surface area contributed by atoms with E-state index in [1.54, 1.807) is 24.3 Å². The number of nitrogens with zero attached hydrogens (tertiary/aromatic N) is 1. The number of carbonyl (C=O) groups is 4. The van der Waals surface area contributed by atoms with E-state index in [-0.39, 0.29) is 37.1 Å². The van der Waals surface area contributed by atoms with Crippen LogP contribution in [-0.4, -0.2) is 34.6 Å². The monoisotopic (exact) mass is 418 g/mol. The summed E-state index contributed by atoms with van der Waals surface area (Å²) >= 11 is 0. The molecule has 0 aliphatic carbocycles. The van der Waals surface area contributed by atoms with Gasteiger partial charge < -0.3 is 11.1 Å². The summed E-state index contributed by atoms with van der Waals surface area (Å²) in [4.78, 5) is 53.0. The van der Waals surface area contributed by atoms with Gasteiger partial charge in [0.05, 0.1) is 18.4 Å². The molecule has 0 radical (unpaired) electrons. The molecule has 4 N–H and O–H groups in total. The van der Waals surface area contributed by atoms with E-state index in [1.165, 1.54) is 4.90 Å². The average Bonchev–Trinajstić information content (AvgIpc) is 3.34. The molecule has 0 bridgehead atoms. The fourth-order valence-corrected chi connectivity index (χ4v) is 5.29. The second kappa shape index (κ2) is 7.02. The summed E-state index contributed by atoms with van der Waals surface area (Å²) in [6.45, 7) is 0.146. The maximum absolute atomic E-state index is 13.6. The lowest BCUT2D eigenvalue weighted by atomic mass is 9.76. The van der Waals surface area contributed by atoms with E-state index in [2.05, 4.69) is 10.6 Å². The van der Waals surface area contributed by atoms with Crippen LogP contribution in [0.4, 0.5) is 5.69 Å². The molecule has 3 aliphatic heterocycles. The van der Waals surface area contributed by atoms with E-state index in [0.29, 0.717) is 11.3 Å². The molecule has 0 aromatic heterocycles. The van der Waals surface area contributed by atoms with Crippen molar-refractivity contribution in [2.75, 3.05) is 5.32 Å². The van der Waals surface area contributed by atoms with Gasteiger partial charge >= 0.3 is 0 Å². The Labute approximate surface area is 178 Å². The Morgan fingerprint density at radius 3 is 2.45 bits per heavy atom. The van der Waals surface area contributed by atoms with Crippen LogP contribution in [0.1, 0.15) is 24.0 Å². The van der Waals surface area contributed by atoms with Crippen LogP contribution in [0, 0.1) is 11.8 Å². The van der Waals surface area contributed by atoms with Gasteiger partial charge in [-0.3, -0.25) is 29.4 Å². The molecular weight excluding hydrogens is 396 g/mol. The third kappa shape index (κ3) is 2.79. The Morgan fingerprint density at radius 2 is 1.71 bits per heavy atom. The summed E-state index contributed by atoms with van der Waals surface area (Å²) < 4.78 is 0. The zero-order valence-electron chi connectivity index (χ0n) is 16.7. The summed E-state index contributed by atoms with van der Waals surface area (Å²) in [5.74, 6) is -3.17. The first kappa shape index (κ1) is 19.4. The third-order valence-corrected chi connectivity index (χ3v) is 6.60. The van der Waals surface area contributed by atoms with Crippen LogP contribution in [-0.2, 0) is 31.3 Å². The van der Waals surface area contributed by atoms with Crippen molar-refractivity contribution in [3.63, 3.8) is 0 Å². The minimum atomic E-state index is -1.35. The van der Waals surface area contributed by atoms with Gasteiger partial charge in [-0.15, -0.1) is 0 Å². The zero-order chi connectivity index (χ0) is 21.8. The van der Waals surface area contributed by atoms with Gasteiger partial charge in [-0.05, 0) is 18.1 Å². The van der Waals surface area contributed by atoms with Crippen molar-refractivity contribution >= 4 is 29.3 Å². The molecule has 0 unspecified atom stereocenters. The summed E-state index contributed by atoms with van der Waals surface area (Å²) in [5.41, 5.74) is 6.10. The molecule has 5 rings (SSSR count). The van der Waals surface area contributed by atoms with E-state index in [9.17, 15) is 19.2 Å². The molecule has 0 saturated carbocycles. The number of rotatable bonds is 5. The van der Waals surface area contributed by atoms with Gasteiger partial charge in [0.15, 0.2) is 0 Å². The van der Waals surface area contributed by atoms with Gasteiger partial charge in [0.2, 0.25) is 23.6 Å². The average molecular weight is 418 g/mol. The Kier molecular flexibility index (Phi) is 4.40. The number of nitrogens with two attached hydrogens (primary N) is 1. The molecule has 3 aliphatic rings.